The van der Waals surface area contributed by atoms with E-state index in [1.807, 2.05) is 11.8 Å². The number of nitrogens with two attached hydrogens (primary N) is 1. The molecule has 1 aliphatic rings. The van der Waals surface area contributed by atoms with E-state index in [1.54, 1.807) is 0 Å². The predicted octanol–water partition coefficient (Wildman–Crippen LogP) is 1.80. The zero-order chi connectivity index (χ0) is 10.4. The van der Waals surface area contributed by atoms with Crippen LogP contribution in [0, 0.1) is 5.92 Å². The van der Waals surface area contributed by atoms with E-state index in [-0.39, 0.29) is 0 Å². The number of thioether (sulfide) groups is 1. The van der Waals surface area contributed by atoms with E-state index >= 15 is 0 Å². The molecule has 2 nitrogen and oxygen atoms in total. The first-order chi connectivity index (χ1) is 6.77. The van der Waals surface area contributed by atoms with Crippen molar-refractivity contribution in [3.05, 3.63) is 0 Å². The van der Waals surface area contributed by atoms with Gasteiger partial charge in [0.2, 0.25) is 0 Å². The minimum Gasteiger partial charge on any atom is -0.329 e. The maximum absolute atomic E-state index is 5.81. The molecule has 0 spiro atoms. The van der Waals surface area contributed by atoms with Crippen molar-refractivity contribution in [2.75, 3.05) is 31.1 Å². The van der Waals surface area contributed by atoms with E-state index < -0.39 is 0 Å². The molecule has 84 valence electrons. The number of likely N-dealkylation sites (tertiary alicyclic amines) is 1. The fourth-order valence-corrected chi connectivity index (χ4v) is 2.82. The molecule has 1 aliphatic heterocycles. The molecule has 0 radical (unpaired) electrons. The number of rotatable bonds is 5. The second-order valence-electron chi connectivity index (χ2n) is 4.25. The summed E-state index contributed by atoms with van der Waals surface area (Å²) in [4.78, 5) is 2.59. The van der Waals surface area contributed by atoms with Crippen molar-refractivity contribution in [3.63, 3.8) is 0 Å². The van der Waals surface area contributed by atoms with Crippen LogP contribution in [0.15, 0.2) is 0 Å². The third kappa shape index (κ3) is 3.79. The van der Waals surface area contributed by atoms with E-state index in [0.717, 1.165) is 12.5 Å². The Labute approximate surface area is 92.6 Å². The second-order valence-corrected chi connectivity index (χ2v) is 5.65. The summed E-state index contributed by atoms with van der Waals surface area (Å²) >= 11 is 2.03. The molecule has 0 aromatic carbocycles. The Morgan fingerprint density at radius 1 is 1.50 bits per heavy atom. The molecule has 0 aliphatic carbocycles. The van der Waals surface area contributed by atoms with Crippen LogP contribution < -0.4 is 5.73 Å². The first kappa shape index (κ1) is 12.3. The van der Waals surface area contributed by atoms with Crippen molar-refractivity contribution in [3.8, 4) is 0 Å². The number of hydrogen-bond donors (Lipinski definition) is 1. The van der Waals surface area contributed by atoms with Crippen LogP contribution in [-0.2, 0) is 0 Å². The summed E-state index contributed by atoms with van der Waals surface area (Å²) in [6.45, 7) is 7.89. The number of nitrogens with zero attached hydrogens (tertiary/aromatic N) is 1. The fourth-order valence-electron chi connectivity index (χ4n) is 2.17. The Morgan fingerprint density at radius 2 is 2.29 bits per heavy atom. The van der Waals surface area contributed by atoms with Crippen LogP contribution in [0.1, 0.15) is 26.7 Å². The van der Waals surface area contributed by atoms with Gasteiger partial charge in [0.15, 0.2) is 0 Å². The molecule has 1 saturated heterocycles. The lowest BCUT2D eigenvalue weighted by Crippen LogP contribution is -2.47. The smallest absolute Gasteiger partial charge is 0.0221 e. The average Bonchev–Trinajstić information content (AvgIpc) is 2.20. The second kappa shape index (κ2) is 6.70. The van der Waals surface area contributed by atoms with E-state index in [1.165, 1.54) is 37.4 Å². The molecule has 3 heteroatoms. The number of piperidine rings is 1. The molecule has 14 heavy (non-hydrogen) atoms. The summed E-state index contributed by atoms with van der Waals surface area (Å²) < 4.78 is 0. The van der Waals surface area contributed by atoms with Gasteiger partial charge < -0.3 is 5.73 Å². The van der Waals surface area contributed by atoms with E-state index in [9.17, 15) is 0 Å². The van der Waals surface area contributed by atoms with Gasteiger partial charge in [-0.15, -0.1) is 0 Å². The highest BCUT2D eigenvalue weighted by Gasteiger charge is 2.24. The van der Waals surface area contributed by atoms with Gasteiger partial charge in [-0.1, -0.05) is 13.8 Å². The first-order valence-electron chi connectivity index (χ1n) is 5.79. The van der Waals surface area contributed by atoms with Gasteiger partial charge in [-0.25, -0.2) is 0 Å². The van der Waals surface area contributed by atoms with Crippen molar-refractivity contribution in [1.82, 2.24) is 4.90 Å². The summed E-state index contributed by atoms with van der Waals surface area (Å²) in [6.07, 6.45) is 2.65. The minimum atomic E-state index is 0.649. The van der Waals surface area contributed by atoms with Crippen molar-refractivity contribution in [1.29, 1.82) is 0 Å². The molecule has 2 N–H and O–H groups in total. The van der Waals surface area contributed by atoms with E-state index in [2.05, 4.69) is 18.7 Å². The topological polar surface area (TPSA) is 29.3 Å². The van der Waals surface area contributed by atoms with Crippen LogP contribution in [0.25, 0.3) is 0 Å². The van der Waals surface area contributed by atoms with Crippen LogP contribution in [-0.4, -0.2) is 42.1 Å². The molecule has 0 aromatic rings. The van der Waals surface area contributed by atoms with Gasteiger partial charge >= 0.3 is 0 Å². The zero-order valence-electron chi connectivity index (χ0n) is 9.54. The lowest BCUT2D eigenvalue weighted by molar-refractivity contribution is 0.131. The van der Waals surface area contributed by atoms with Crippen LogP contribution in [0.3, 0.4) is 0 Å². The SMILES string of the molecule is CCSCCN1CCC(C)CC1CN. The molecule has 1 heterocycles. The molecular weight excluding hydrogens is 192 g/mol. The Morgan fingerprint density at radius 3 is 2.93 bits per heavy atom. The standard InChI is InChI=1S/C11H24N2S/c1-3-14-7-6-13-5-4-10(2)8-11(13)9-12/h10-11H,3-9,12H2,1-2H3. The fraction of sp³-hybridized carbons (Fsp3) is 1.00. The maximum Gasteiger partial charge on any atom is 0.0221 e. The molecule has 2 unspecified atom stereocenters. The van der Waals surface area contributed by atoms with Gasteiger partial charge in [0.1, 0.15) is 0 Å². The Balaban J connectivity index is 2.27. The minimum absolute atomic E-state index is 0.649. The van der Waals surface area contributed by atoms with Gasteiger partial charge in [-0.05, 0) is 31.1 Å². The highest BCUT2D eigenvalue weighted by molar-refractivity contribution is 7.99. The quantitative estimate of drug-likeness (QED) is 0.711. The summed E-state index contributed by atoms with van der Waals surface area (Å²) in [5, 5.41) is 0. The van der Waals surface area contributed by atoms with Crippen LogP contribution in [0.2, 0.25) is 0 Å². The Bertz CT molecular complexity index is 152. The van der Waals surface area contributed by atoms with E-state index in [0.29, 0.717) is 6.04 Å². The lowest BCUT2D eigenvalue weighted by Gasteiger charge is -2.37. The maximum atomic E-state index is 5.81. The largest absolute Gasteiger partial charge is 0.329 e. The van der Waals surface area contributed by atoms with Gasteiger partial charge in [0.05, 0.1) is 0 Å². The van der Waals surface area contributed by atoms with E-state index in [4.69, 9.17) is 5.73 Å². The molecule has 0 aromatic heterocycles. The van der Waals surface area contributed by atoms with Gasteiger partial charge in [-0.3, -0.25) is 4.90 Å². The summed E-state index contributed by atoms with van der Waals surface area (Å²) in [6, 6.07) is 0.649. The van der Waals surface area contributed by atoms with Crippen molar-refractivity contribution >= 4 is 11.8 Å². The third-order valence-electron chi connectivity index (χ3n) is 3.10. The lowest BCUT2D eigenvalue weighted by atomic mass is 9.92. The van der Waals surface area contributed by atoms with Gasteiger partial charge in [0, 0.05) is 24.9 Å². The molecule has 1 rings (SSSR count). The Kier molecular flexibility index (Phi) is 5.90. The van der Waals surface area contributed by atoms with Crippen LogP contribution >= 0.6 is 11.8 Å². The highest BCUT2D eigenvalue weighted by Crippen LogP contribution is 2.21. The van der Waals surface area contributed by atoms with Crippen molar-refractivity contribution in [2.24, 2.45) is 11.7 Å². The predicted molar refractivity (Wildman–Crippen MR) is 65.8 cm³/mol. The van der Waals surface area contributed by atoms with Crippen LogP contribution in [0.4, 0.5) is 0 Å². The normalized spacial score (nSPS) is 29.4. The zero-order valence-corrected chi connectivity index (χ0v) is 10.4. The molecule has 0 bridgehead atoms. The monoisotopic (exact) mass is 216 g/mol. The third-order valence-corrected chi connectivity index (χ3v) is 3.98. The Hall–Kier alpha value is 0.270. The molecule has 0 saturated carbocycles. The summed E-state index contributed by atoms with van der Waals surface area (Å²) in [5.41, 5.74) is 5.81. The number of hydrogen-bond acceptors (Lipinski definition) is 3. The summed E-state index contributed by atoms with van der Waals surface area (Å²) in [5.74, 6) is 3.37. The molecular formula is C11H24N2S. The molecule has 0 amide bonds. The van der Waals surface area contributed by atoms with Gasteiger partial charge in [-0.2, -0.15) is 11.8 Å². The molecule has 2 atom stereocenters. The van der Waals surface area contributed by atoms with Crippen molar-refractivity contribution < 1.29 is 0 Å². The van der Waals surface area contributed by atoms with Crippen LogP contribution in [0.5, 0.6) is 0 Å². The first-order valence-corrected chi connectivity index (χ1v) is 6.95. The summed E-state index contributed by atoms with van der Waals surface area (Å²) in [7, 11) is 0. The van der Waals surface area contributed by atoms with Gasteiger partial charge in [0.25, 0.3) is 0 Å². The van der Waals surface area contributed by atoms with Crippen molar-refractivity contribution in [2.45, 2.75) is 32.7 Å². The highest BCUT2D eigenvalue weighted by atomic mass is 32.2. The average molecular weight is 216 g/mol. The molecule has 1 fully saturated rings.